The van der Waals surface area contributed by atoms with E-state index in [1.807, 2.05) is 0 Å². The van der Waals surface area contributed by atoms with Gasteiger partial charge in [-0.15, -0.1) is 0 Å². The minimum Gasteiger partial charge on any atom is -0.339 e. The molecule has 1 aliphatic carbocycles. The summed E-state index contributed by atoms with van der Waals surface area (Å²) < 4.78 is 2.64. The SMILES string of the molecule is CN(C)CCN1CCn2c(c(C3CCCC3)c3ccccc32)-c2ccccc2C1. The third-order valence-electron chi connectivity index (χ3n) is 6.94. The molecule has 2 aliphatic rings. The molecular weight excluding hydrogens is 354 g/mol. The maximum atomic E-state index is 2.64. The lowest BCUT2D eigenvalue weighted by atomic mass is 9.90. The molecule has 0 radical (unpaired) electrons. The number of likely N-dealkylation sites (N-methyl/N-ethyl adjacent to an activating group) is 1. The van der Waals surface area contributed by atoms with Crippen LogP contribution in [0.2, 0.25) is 0 Å². The van der Waals surface area contributed by atoms with Crippen molar-refractivity contribution < 1.29 is 0 Å². The first kappa shape index (κ1) is 18.9. The van der Waals surface area contributed by atoms with Crippen LogP contribution in [0.4, 0.5) is 0 Å². The van der Waals surface area contributed by atoms with Gasteiger partial charge in [0.1, 0.15) is 0 Å². The first-order valence-corrected chi connectivity index (χ1v) is 11.3. The van der Waals surface area contributed by atoms with Crippen LogP contribution >= 0.6 is 0 Å². The Morgan fingerprint density at radius 1 is 0.931 bits per heavy atom. The third-order valence-corrected chi connectivity index (χ3v) is 6.94. The molecule has 0 amide bonds. The Balaban J connectivity index is 1.68. The third kappa shape index (κ3) is 3.51. The van der Waals surface area contributed by atoms with E-state index in [0.29, 0.717) is 5.92 Å². The van der Waals surface area contributed by atoms with Crippen molar-refractivity contribution in [2.45, 2.75) is 44.7 Å². The van der Waals surface area contributed by atoms with Crippen LogP contribution in [0.3, 0.4) is 0 Å². The van der Waals surface area contributed by atoms with Crippen molar-refractivity contribution in [3.63, 3.8) is 0 Å². The maximum absolute atomic E-state index is 2.64. The first-order chi connectivity index (χ1) is 14.2. The summed E-state index contributed by atoms with van der Waals surface area (Å²) in [7, 11) is 4.34. The van der Waals surface area contributed by atoms with Gasteiger partial charge in [0.25, 0.3) is 0 Å². The Morgan fingerprint density at radius 2 is 1.69 bits per heavy atom. The zero-order valence-electron chi connectivity index (χ0n) is 17.9. The monoisotopic (exact) mass is 387 g/mol. The van der Waals surface area contributed by atoms with E-state index in [1.54, 1.807) is 5.56 Å². The van der Waals surface area contributed by atoms with Crippen molar-refractivity contribution in [1.82, 2.24) is 14.4 Å². The van der Waals surface area contributed by atoms with Crippen LogP contribution in [-0.4, -0.2) is 48.1 Å². The summed E-state index contributed by atoms with van der Waals surface area (Å²) in [6.45, 7) is 5.46. The normalized spacial score (nSPS) is 18.0. The molecule has 2 heterocycles. The van der Waals surface area contributed by atoms with Gasteiger partial charge in [0, 0.05) is 49.2 Å². The molecule has 0 spiro atoms. The van der Waals surface area contributed by atoms with Crippen molar-refractivity contribution in [2.24, 2.45) is 0 Å². The lowest BCUT2D eigenvalue weighted by Crippen LogP contribution is -2.35. The minimum atomic E-state index is 0.716. The molecule has 0 N–H and O–H groups in total. The highest BCUT2D eigenvalue weighted by atomic mass is 15.2. The van der Waals surface area contributed by atoms with Gasteiger partial charge in [-0.25, -0.2) is 0 Å². The molecule has 0 bridgehead atoms. The molecule has 29 heavy (non-hydrogen) atoms. The molecule has 1 saturated carbocycles. The molecule has 0 saturated heterocycles. The standard InChI is InChI=1S/C26H33N3/c1-27(2)15-16-28-17-18-29-24-14-8-7-13-23(24)25(20-9-3-4-10-20)26(29)22-12-6-5-11-21(22)19-28/h5-8,11-14,20H,3-4,9-10,15-19H2,1-2H3. The number of rotatable bonds is 4. The average Bonchev–Trinajstić information content (AvgIpc) is 3.34. The van der Waals surface area contributed by atoms with Crippen molar-refractivity contribution in [1.29, 1.82) is 0 Å². The van der Waals surface area contributed by atoms with Crippen LogP contribution in [0.25, 0.3) is 22.2 Å². The van der Waals surface area contributed by atoms with Gasteiger partial charge in [0.2, 0.25) is 0 Å². The van der Waals surface area contributed by atoms with E-state index < -0.39 is 0 Å². The predicted molar refractivity (Wildman–Crippen MR) is 122 cm³/mol. The van der Waals surface area contributed by atoms with E-state index in [0.717, 1.165) is 32.7 Å². The lowest BCUT2D eigenvalue weighted by molar-refractivity contribution is 0.225. The van der Waals surface area contributed by atoms with E-state index in [1.165, 1.54) is 53.4 Å². The van der Waals surface area contributed by atoms with E-state index in [9.17, 15) is 0 Å². The zero-order valence-corrected chi connectivity index (χ0v) is 17.9. The Labute approximate surface area is 174 Å². The Kier molecular flexibility index (Phi) is 5.19. The second kappa shape index (κ2) is 7.97. The number of fused-ring (bicyclic) bond motifs is 5. The molecule has 152 valence electrons. The highest BCUT2D eigenvalue weighted by Gasteiger charge is 2.29. The molecule has 0 atom stereocenters. The summed E-state index contributed by atoms with van der Waals surface area (Å²) >= 11 is 0. The topological polar surface area (TPSA) is 11.4 Å². The van der Waals surface area contributed by atoms with Crippen LogP contribution in [0.5, 0.6) is 0 Å². The molecular formula is C26H33N3. The molecule has 1 aliphatic heterocycles. The Bertz CT molecular complexity index is 994. The Morgan fingerprint density at radius 3 is 2.52 bits per heavy atom. The summed E-state index contributed by atoms with van der Waals surface area (Å²) in [5, 5.41) is 1.49. The van der Waals surface area contributed by atoms with Crippen LogP contribution in [0.15, 0.2) is 48.5 Å². The summed E-state index contributed by atoms with van der Waals surface area (Å²) in [4.78, 5) is 4.92. The minimum absolute atomic E-state index is 0.716. The molecule has 3 nitrogen and oxygen atoms in total. The Hall–Kier alpha value is -2.10. The van der Waals surface area contributed by atoms with Gasteiger partial charge in [-0.3, -0.25) is 4.90 Å². The summed E-state index contributed by atoms with van der Waals surface area (Å²) in [5.41, 5.74) is 7.51. The predicted octanol–water partition coefficient (Wildman–Crippen LogP) is 5.34. The van der Waals surface area contributed by atoms with E-state index in [2.05, 4.69) is 77.0 Å². The molecule has 0 unspecified atom stereocenters. The van der Waals surface area contributed by atoms with Crippen molar-refractivity contribution >= 4 is 10.9 Å². The van der Waals surface area contributed by atoms with Gasteiger partial charge in [-0.2, -0.15) is 0 Å². The second-order valence-corrected chi connectivity index (χ2v) is 9.15. The van der Waals surface area contributed by atoms with Gasteiger partial charge >= 0.3 is 0 Å². The summed E-state index contributed by atoms with van der Waals surface area (Å²) in [6, 6.07) is 18.3. The first-order valence-electron chi connectivity index (χ1n) is 11.3. The van der Waals surface area contributed by atoms with E-state index in [-0.39, 0.29) is 0 Å². The quantitative estimate of drug-likeness (QED) is 0.598. The number of aromatic nitrogens is 1. The largest absolute Gasteiger partial charge is 0.339 e. The number of hydrogen-bond donors (Lipinski definition) is 0. The van der Waals surface area contributed by atoms with Crippen LogP contribution in [0.1, 0.15) is 42.7 Å². The maximum Gasteiger partial charge on any atom is 0.0530 e. The fourth-order valence-electron chi connectivity index (χ4n) is 5.46. The van der Waals surface area contributed by atoms with Crippen molar-refractivity contribution in [3.05, 3.63) is 59.7 Å². The fraction of sp³-hybridized carbons (Fsp3) is 0.462. The van der Waals surface area contributed by atoms with Gasteiger partial charge in [-0.1, -0.05) is 55.3 Å². The summed E-state index contributed by atoms with van der Waals surface area (Å²) in [5.74, 6) is 0.716. The number of hydrogen-bond acceptors (Lipinski definition) is 2. The highest BCUT2D eigenvalue weighted by molar-refractivity contribution is 5.93. The smallest absolute Gasteiger partial charge is 0.0530 e. The fourth-order valence-corrected chi connectivity index (χ4v) is 5.46. The summed E-state index contributed by atoms with van der Waals surface area (Å²) in [6.07, 6.45) is 5.45. The van der Waals surface area contributed by atoms with Crippen LogP contribution < -0.4 is 0 Å². The molecule has 1 aromatic heterocycles. The van der Waals surface area contributed by atoms with Crippen molar-refractivity contribution in [2.75, 3.05) is 33.7 Å². The molecule has 2 aromatic carbocycles. The number of para-hydroxylation sites is 1. The second-order valence-electron chi connectivity index (χ2n) is 9.15. The molecule has 3 aromatic rings. The van der Waals surface area contributed by atoms with E-state index in [4.69, 9.17) is 0 Å². The average molecular weight is 388 g/mol. The van der Waals surface area contributed by atoms with Crippen LogP contribution in [0, 0.1) is 0 Å². The lowest BCUT2D eigenvalue weighted by Gasteiger charge is -2.29. The number of nitrogens with zero attached hydrogens (tertiary/aromatic N) is 3. The van der Waals surface area contributed by atoms with E-state index >= 15 is 0 Å². The van der Waals surface area contributed by atoms with Crippen LogP contribution in [-0.2, 0) is 13.1 Å². The van der Waals surface area contributed by atoms with Gasteiger partial charge in [0.05, 0.1) is 5.69 Å². The highest BCUT2D eigenvalue weighted by Crippen LogP contribution is 2.46. The van der Waals surface area contributed by atoms with Gasteiger partial charge < -0.3 is 9.47 Å². The van der Waals surface area contributed by atoms with Gasteiger partial charge in [-0.05, 0) is 50.0 Å². The zero-order chi connectivity index (χ0) is 19.8. The molecule has 5 rings (SSSR count). The molecule has 3 heteroatoms. The number of benzene rings is 2. The van der Waals surface area contributed by atoms with Gasteiger partial charge in [0.15, 0.2) is 0 Å². The molecule has 1 fully saturated rings. The van der Waals surface area contributed by atoms with Crippen molar-refractivity contribution in [3.8, 4) is 11.3 Å².